The molecule has 20 heavy (non-hydrogen) atoms. The van der Waals surface area contributed by atoms with Gasteiger partial charge in [0.1, 0.15) is 5.82 Å². The fraction of sp³-hybridized carbons (Fsp3) is 0.538. The molecule has 110 valence electrons. The van der Waals surface area contributed by atoms with Gasteiger partial charge < -0.3 is 15.8 Å². The van der Waals surface area contributed by atoms with Crippen molar-refractivity contribution in [3.63, 3.8) is 0 Å². The number of aromatic nitrogens is 1. The lowest BCUT2D eigenvalue weighted by Crippen LogP contribution is -2.60. The lowest BCUT2D eigenvalue weighted by atomic mass is 10.0. The molecule has 0 atom stereocenters. The summed E-state index contributed by atoms with van der Waals surface area (Å²) in [6.07, 6.45) is 1.80. The molecule has 2 heterocycles. The normalized spacial score (nSPS) is 18.4. The quantitative estimate of drug-likeness (QED) is 0.377. The average Bonchev–Trinajstić information content (AvgIpc) is 2.47. The third-order valence-corrected chi connectivity index (χ3v) is 4.46. The number of hydrogen-bond acceptors (Lipinski definition) is 5. The Morgan fingerprint density at radius 1 is 1.40 bits per heavy atom. The minimum absolute atomic E-state index is 0.241. The van der Waals surface area contributed by atoms with E-state index in [1.54, 1.807) is 6.20 Å². The van der Waals surface area contributed by atoms with Gasteiger partial charge in [-0.15, -0.1) is 0 Å². The summed E-state index contributed by atoms with van der Waals surface area (Å²) >= 11 is 3.53. The molecule has 1 saturated heterocycles. The molecule has 0 radical (unpaired) electrons. The molecule has 0 unspecified atom stereocenters. The van der Waals surface area contributed by atoms with E-state index in [1.807, 2.05) is 26.0 Å². The highest BCUT2D eigenvalue weighted by Gasteiger charge is 2.34. The van der Waals surface area contributed by atoms with Gasteiger partial charge in [-0.2, -0.15) is 0 Å². The Hall–Kier alpha value is -1.34. The van der Waals surface area contributed by atoms with Crippen LogP contribution in [-0.4, -0.2) is 52.6 Å². The van der Waals surface area contributed by atoms with E-state index in [0.717, 1.165) is 36.5 Å². The van der Waals surface area contributed by atoms with Crippen LogP contribution in [-0.2, 0) is 0 Å². The van der Waals surface area contributed by atoms with Crippen LogP contribution in [0.5, 0.6) is 0 Å². The molecule has 0 spiro atoms. The van der Waals surface area contributed by atoms with Crippen LogP contribution in [0.2, 0.25) is 0 Å². The monoisotopic (exact) mass is 341 g/mol. The summed E-state index contributed by atoms with van der Waals surface area (Å²) in [7, 11) is 0. The number of nitrogens with two attached hydrogens (primary N) is 1. The SMILES string of the molecule is CC(C)(C(N)=NO)N1CCN(c2ncccc2Br)CC1. The molecule has 0 aliphatic carbocycles. The third-order valence-electron chi connectivity index (χ3n) is 3.84. The molecule has 0 aromatic carbocycles. The van der Waals surface area contributed by atoms with Crippen LogP contribution in [0, 0.1) is 0 Å². The molecule has 1 aromatic rings. The number of anilines is 1. The highest BCUT2D eigenvalue weighted by atomic mass is 79.9. The van der Waals surface area contributed by atoms with Gasteiger partial charge in [-0.1, -0.05) is 5.16 Å². The molecule has 2 rings (SSSR count). The zero-order valence-corrected chi connectivity index (χ0v) is 13.3. The summed E-state index contributed by atoms with van der Waals surface area (Å²) in [4.78, 5) is 8.87. The first-order valence-corrected chi connectivity index (χ1v) is 7.34. The number of amidine groups is 1. The van der Waals surface area contributed by atoms with Gasteiger partial charge in [-0.05, 0) is 41.9 Å². The van der Waals surface area contributed by atoms with Crippen molar-refractivity contribution in [2.45, 2.75) is 19.4 Å². The number of hydrogen-bond donors (Lipinski definition) is 2. The van der Waals surface area contributed by atoms with Crippen molar-refractivity contribution in [3.8, 4) is 0 Å². The van der Waals surface area contributed by atoms with Crippen LogP contribution in [0.1, 0.15) is 13.8 Å². The number of nitrogens with zero attached hydrogens (tertiary/aromatic N) is 4. The smallest absolute Gasteiger partial charge is 0.159 e. The van der Waals surface area contributed by atoms with Crippen molar-refractivity contribution in [1.82, 2.24) is 9.88 Å². The number of rotatable bonds is 3. The highest BCUT2D eigenvalue weighted by molar-refractivity contribution is 9.10. The maximum Gasteiger partial charge on any atom is 0.159 e. The number of halogens is 1. The predicted molar refractivity (Wildman–Crippen MR) is 83.2 cm³/mol. The summed E-state index contributed by atoms with van der Waals surface area (Å²) in [6.45, 7) is 7.33. The van der Waals surface area contributed by atoms with Crippen molar-refractivity contribution < 1.29 is 5.21 Å². The topological polar surface area (TPSA) is 78.0 Å². The first kappa shape index (κ1) is 15.1. The third kappa shape index (κ3) is 2.88. The zero-order chi connectivity index (χ0) is 14.8. The molecule has 0 saturated carbocycles. The molecular weight excluding hydrogens is 322 g/mol. The van der Waals surface area contributed by atoms with Gasteiger partial charge in [0, 0.05) is 32.4 Å². The summed E-state index contributed by atoms with van der Waals surface area (Å²) in [5, 5.41) is 12.0. The number of piperazine rings is 1. The first-order chi connectivity index (χ1) is 9.46. The van der Waals surface area contributed by atoms with E-state index >= 15 is 0 Å². The largest absolute Gasteiger partial charge is 0.409 e. The van der Waals surface area contributed by atoms with E-state index in [4.69, 9.17) is 10.9 Å². The molecule has 1 fully saturated rings. The van der Waals surface area contributed by atoms with Gasteiger partial charge in [0.05, 0.1) is 10.0 Å². The fourth-order valence-electron chi connectivity index (χ4n) is 2.37. The number of oxime groups is 1. The van der Waals surface area contributed by atoms with E-state index in [9.17, 15) is 0 Å². The Balaban J connectivity index is 2.05. The van der Waals surface area contributed by atoms with Crippen LogP contribution in [0.15, 0.2) is 28.0 Å². The fourth-order valence-corrected chi connectivity index (χ4v) is 2.88. The van der Waals surface area contributed by atoms with Crippen molar-refractivity contribution in [2.24, 2.45) is 10.9 Å². The van der Waals surface area contributed by atoms with E-state index in [-0.39, 0.29) is 5.84 Å². The Kier molecular flexibility index (Phi) is 4.49. The Morgan fingerprint density at radius 2 is 2.05 bits per heavy atom. The van der Waals surface area contributed by atoms with E-state index < -0.39 is 5.54 Å². The minimum Gasteiger partial charge on any atom is -0.409 e. The Bertz CT molecular complexity index is 497. The van der Waals surface area contributed by atoms with Gasteiger partial charge in [0.25, 0.3) is 0 Å². The van der Waals surface area contributed by atoms with Gasteiger partial charge in [0.15, 0.2) is 5.84 Å². The predicted octanol–water partition coefficient (Wildman–Crippen LogP) is 1.49. The zero-order valence-electron chi connectivity index (χ0n) is 11.8. The second kappa shape index (κ2) is 5.97. The van der Waals surface area contributed by atoms with Gasteiger partial charge in [0.2, 0.25) is 0 Å². The maximum atomic E-state index is 8.88. The molecule has 1 aromatic heterocycles. The first-order valence-electron chi connectivity index (χ1n) is 6.55. The van der Waals surface area contributed by atoms with Crippen LogP contribution in [0.4, 0.5) is 5.82 Å². The number of pyridine rings is 1. The van der Waals surface area contributed by atoms with E-state index in [2.05, 4.69) is 35.9 Å². The second-order valence-corrected chi connectivity index (χ2v) is 6.18. The Labute approximate surface area is 127 Å². The van der Waals surface area contributed by atoms with Crippen molar-refractivity contribution in [1.29, 1.82) is 0 Å². The average molecular weight is 342 g/mol. The molecule has 0 bridgehead atoms. The molecule has 1 aliphatic rings. The minimum atomic E-state index is -0.442. The van der Waals surface area contributed by atoms with Gasteiger partial charge >= 0.3 is 0 Å². The van der Waals surface area contributed by atoms with Crippen LogP contribution in [0.3, 0.4) is 0 Å². The lowest BCUT2D eigenvalue weighted by Gasteiger charge is -2.43. The van der Waals surface area contributed by atoms with Gasteiger partial charge in [-0.3, -0.25) is 4.90 Å². The second-order valence-electron chi connectivity index (χ2n) is 5.33. The molecule has 0 amide bonds. The molecule has 3 N–H and O–H groups in total. The van der Waals surface area contributed by atoms with Crippen molar-refractivity contribution >= 4 is 27.6 Å². The van der Waals surface area contributed by atoms with Gasteiger partial charge in [-0.25, -0.2) is 4.98 Å². The standard InChI is InChI=1S/C13H20BrN5O/c1-13(2,12(15)17-20)19-8-6-18(7-9-19)11-10(14)4-3-5-16-11/h3-5,20H,6-9H2,1-2H3,(H2,15,17). The maximum absolute atomic E-state index is 8.88. The lowest BCUT2D eigenvalue weighted by molar-refractivity contribution is 0.161. The van der Waals surface area contributed by atoms with Crippen molar-refractivity contribution in [2.75, 3.05) is 31.1 Å². The van der Waals surface area contributed by atoms with Crippen LogP contribution >= 0.6 is 15.9 Å². The molecule has 1 aliphatic heterocycles. The summed E-state index contributed by atoms with van der Waals surface area (Å²) in [6, 6.07) is 3.90. The summed E-state index contributed by atoms with van der Waals surface area (Å²) in [5.74, 6) is 1.21. The van der Waals surface area contributed by atoms with E-state index in [1.165, 1.54) is 0 Å². The Morgan fingerprint density at radius 3 is 2.60 bits per heavy atom. The van der Waals surface area contributed by atoms with E-state index in [0.29, 0.717) is 0 Å². The van der Waals surface area contributed by atoms with Crippen molar-refractivity contribution in [3.05, 3.63) is 22.8 Å². The van der Waals surface area contributed by atoms with Crippen LogP contribution < -0.4 is 10.6 Å². The highest BCUT2D eigenvalue weighted by Crippen LogP contribution is 2.25. The molecule has 6 nitrogen and oxygen atoms in total. The summed E-state index contributed by atoms with van der Waals surface area (Å²) in [5.41, 5.74) is 5.33. The molecule has 7 heteroatoms. The van der Waals surface area contributed by atoms with Crippen LogP contribution in [0.25, 0.3) is 0 Å². The molecular formula is C13H20BrN5O. The summed E-state index contributed by atoms with van der Waals surface area (Å²) < 4.78 is 1.00.